The SMILES string of the molecule is [Ir].[c-]1cc(-c2cc3ccccc3c3ccccc23)ccc1-c1ccccn1.[c-]1ccccc1-c1ccccn1. The molecule has 0 N–H and O–H groups in total. The average Bonchev–Trinajstić information content (AvgIpc) is 3.02. The largest absolute Gasteiger partial charge is 0.305 e. The van der Waals surface area contributed by atoms with Crippen LogP contribution >= 0.6 is 0 Å². The van der Waals surface area contributed by atoms with E-state index in [9.17, 15) is 0 Å². The van der Waals surface area contributed by atoms with Crippen LogP contribution in [-0.4, -0.2) is 9.97 Å². The number of rotatable bonds is 3. The van der Waals surface area contributed by atoms with Gasteiger partial charge >= 0.3 is 0 Å². The first kappa shape index (κ1) is 26.2. The van der Waals surface area contributed by atoms with Gasteiger partial charge in [0.05, 0.1) is 0 Å². The summed E-state index contributed by atoms with van der Waals surface area (Å²) in [6, 6.07) is 51.9. The fourth-order valence-electron chi connectivity index (χ4n) is 4.64. The van der Waals surface area contributed by atoms with Crippen molar-refractivity contribution in [2.75, 3.05) is 0 Å². The molecule has 5 aromatic carbocycles. The van der Waals surface area contributed by atoms with Gasteiger partial charge in [-0.25, -0.2) is 0 Å². The molecule has 2 heterocycles. The van der Waals surface area contributed by atoms with E-state index in [-0.39, 0.29) is 20.1 Å². The van der Waals surface area contributed by atoms with Gasteiger partial charge in [-0.2, -0.15) is 0 Å². The molecule has 189 valence electrons. The van der Waals surface area contributed by atoms with Gasteiger partial charge in [0.1, 0.15) is 0 Å². The van der Waals surface area contributed by atoms with Crippen molar-refractivity contribution in [2.45, 2.75) is 0 Å². The standard InChI is InChI=1S/C25H16N.C11H8N.Ir/c1-2-8-21-20(7-1)17-24(23-10-4-3-9-22(21)23)18-12-14-19(15-13-18)25-11-5-6-16-26-25;1-2-6-10(7-3-1)11-8-4-5-9-12-11;/h1-14,16-17H;1-6,8-9H;/q2*-1;. The normalized spacial score (nSPS) is 10.4. The molecule has 0 saturated heterocycles. The van der Waals surface area contributed by atoms with E-state index in [1.807, 2.05) is 66.9 Å². The Labute approximate surface area is 242 Å². The van der Waals surface area contributed by atoms with Crippen molar-refractivity contribution in [3.8, 4) is 33.6 Å². The third kappa shape index (κ3) is 5.86. The molecule has 0 saturated carbocycles. The van der Waals surface area contributed by atoms with Gasteiger partial charge in [-0.15, -0.1) is 65.7 Å². The molecule has 0 aliphatic carbocycles. The van der Waals surface area contributed by atoms with Gasteiger partial charge in [-0.05, 0) is 45.1 Å². The average molecular weight is 677 g/mol. The first-order valence-electron chi connectivity index (χ1n) is 12.6. The third-order valence-corrected chi connectivity index (χ3v) is 6.48. The van der Waals surface area contributed by atoms with Crippen molar-refractivity contribution >= 4 is 21.5 Å². The van der Waals surface area contributed by atoms with E-state index >= 15 is 0 Å². The van der Waals surface area contributed by atoms with Crippen LogP contribution < -0.4 is 0 Å². The van der Waals surface area contributed by atoms with Gasteiger partial charge in [0.15, 0.2) is 0 Å². The van der Waals surface area contributed by atoms with Crippen molar-refractivity contribution in [1.29, 1.82) is 0 Å². The van der Waals surface area contributed by atoms with Gasteiger partial charge < -0.3 is 9.97 Å². The maximum absolute atomic E-state index is 4.41. The molecule has 7 rings (SSSR count). The number of benzene rings is 5. The van der Waals surface area contributed by atoms with E-state index in [2.05, 4.69) is 94.9 Å². The van der Waals surface area contributed by atoms with Crippen LogP contribution in [0.25, 0.3) is 55.2 Å². The van der Waals surface area contributed by atoms with Gasteiger partial charge in [-0.1, -0.05) is 90.0 Å². The molecule has 2 nitrogen and oxygen atoms in total. The molecule has 0 unspecified atom stereocenters. The molecule has 0 bridgehead atoms. The van der Waals surface area contributed by atoms with Gasteiger partial charge in [0, 0.05) is 32.5 Å². The second-order valence-electron chi connectivity index (χ2n) is 8.89. The van der Waals surface area contributed by atoms with Crippen LogP contribution in [0.3, 0.4) is 0 Å². The third-order valence-electron chi connectivity index (χ3n) is 6.48. The molecule has 0 aliphatic rings. The van der Waals surface area contributed by atoms with Crippen LogP contribution in [0.5, 0.6) is 0 Å². The Hall–Kier alpha value is -4.43. The molecule has 39 heavy (non-hydrogen) atoms. The summed E-state index contributed by atoms with van der Waals surface area (Å²) >= 11 is 0. The smallest absolute Gasteiger partial charge is 0.0160 e. The van der Waals surface area contributed by atoms with Crippen LogP contribution in [0.1, 0.15) is 0 Å². The van der Waals surface area contributed by atoms with E-state index < -0.39 is 0 Å². The summed E-state index contributed by atoms with van der Waals surface area (Å²) in [7, 11) is 0. The molecule has 0 fully saturated rings. The van der Waals surface area contributed by atoms with Crippen molar-refractivity contribution in [2.24, 2.45) is 0 Å². The Morgan fingerprint density at radius 2 is 1.10 bits per heavy atom. The predicted molar refractivity (Wildman–Crippen MR) is 157 cm³/mol. The number of hydrogen-bond donors (Lipinski definition) is 0. The molecule has 7 aromatic rings. The Bertz CT molecular complexity index is 1750. The van der Waals surface area contributed by atoms with E-state index in [0.717, 1.165) is 22.5 Å². The van der Waals surface area contributed by atoms with Crippen molar-refractivity contribution < 1.29 is 20.1 Å². The molecule has 0 atom stereocenters. The number of aromatic nitrogens is 2. The Kier molecular flexibility index (Phi) is 8.33. The minimum atomic E-state index is 0. The monoisotopic (exact) mass is 677 g/mol. The summed E-state index contributed by atoms with van der Waals surface area (Å²) in [5.41, 5.74) is 6.38. The van der Waals surface area contributed by atoms with Crippen molar-refractivity contribution in [3.63, 3.8) is 0 Å². The van der Waals surface area contributed by atoms with Crippen LogP contribution in [-0.2, 0) is 20.1 Å². The second-order valence-corrected chi connectivity index (χ2v) is 8.89. The van der Waals surface area contributed by atoms with E-state index in [1.54, 1.807) is 6.20 Å². The molecular formula is C36H24IrN2-2. The van der Waals surface area contributed by atoms with Gasteiger partial charge in [0.2, 0.25) is 0 Å². The molecule has 1 radical (unpaired) electrons. The summed E-state index contributed by atoms with van der Waals surface area (Å²) in [6.07, 6.45) is 3.60. The number of hydrogen-bond acceptors (Lipinski definition) is 2. The van der Waals surface area contributed by atoms with E-state index in [4.69, 9.17) is 0 Å². The summed E-state index contributed by atoms with van der Waals surface area (Å²) in [5.74, 6) is 0. The molecule has 0 amide bonds. The molecule has 0 aliphatic heterocycles. The fraction of sp³-hybridized carbons (Fsp3) is 0. The Morgan fingerprint density at radius 3 is 1.72 bits per heavy atom. The minimum Gasteiger partial charge on any atom is -0.305 e. The number of pyridine rings is 2. The Morgan fingerprint density at radius 1 is 0.487 bits per heavy atom. The van der Waals surface area contributed by atoms with Crippen LogP contribution in [0.4, 0.5) is 0 Å². The van der Waals surface area contributed by atoms with Crippen molar-refractivity contribution in [3.05, 3.63) is 158 Å². The quantitative estimate of drug-likeness (QED) is 0.138. The van der Waals surface area contributed by atoms with Crippen LogP contribution in [0.2, 0.25) is 0 Å². The predicted octanol–water partition coefficient (Wildman–Crippen LogP) is 9.07. The summed E-state index contributed by atoms with van der Waals surface area (Å²) < 4.78 is 0. The van der Waals surface area contributed by atoms with Crippen LogP contribution in [0.15, 0.2) is 146 Å². The first-order chi connectivity index (χ1) is 18.9. The van der Waals surface area contributed by atoms with Gasteiger partial charge in [0.25, 0.3) is 0 Å². The van der Waals surface area contributed by atoms with Gasteiger partial charge in [-0.3, -0.25) is 0 Å². The molecular weight excluding hydrogens is 653 g/mol. The second kappa shape index (κ2) is 12.4. The maximum atomic E-state index is 4.41. The minimum absolute atomic E-state index is 0. The zero-order valence-electron chi connectivity index (χ0n) is 21.1. The van der Waals surface area contributed by atoms with Crippen molar-refractivity contribution in [1.82, 2.24) is 9.97 Å². The van der Waals surface area contributed by atoms with Crippen LogP contribution in [0, 0.1) is 12.1 Å². The topological polar surface area (TPSA) is 25.8 Å². The number of nitrogens with zero attached hydrogens (tertiary/aromatic N) is 2. The van der Waals surface area contributed by atoms with E-state index in [1.165, 1.54) is 32.7 Å². The zero-order chi connectivity index (χ0) is 25.6. The molecule has 2 aromatic heterocycles. The summed E-state index contributed by atoms with van der Waals surface area (Å²) in [4.78, 5) is 8.63. The first-order valence-corrected chi connectivity index (χ1v) is 12.6. The van der Waals surface area contributed by atoms with E-state index in [0.29, 0.717) is 0 Å². The Balaban J connectivity index is 0.000000200. The fourth-order valence-corrected chi connectivity index (χ4v) is 4.64. The maximum Gasteiger partial charge on any atom is 0.0160 e. The summed E-state index contributed by atoms with van der Waals surface area (Å²) in [6.45, 7) is 0. The number of fused-ring (bicyclic) bond motifs is 3. The summed E-state index contributed by atoms with van der Waals surface area (Å²) in [5, 5.41) is 5.11. The zero-order valence-corrected chi connectivity index (χ0v) is 23.5. The molecule has 3 heteroatoms. The molecule has 0 spiro atoms.